The smallest absolute Gasteiger partial charge is 0.234 e. The highest BCUT2D eigenvalue weighted by Crippen LogP contribution is 2.31. The van der Waals surface area contributed by atoms with Crippen molar-refractivity contribution < 1.29 is 4.79 Å². The van der Waals surface area contributed by atoms with Gasteiger partial charge in [-0.15, -0.1) is 22.7 Å². The first kappa shape index (κ1) is 17.2. The molecule has 4 nitrogen and oxygen atoms in total. The molecule has 7 heteroatoms. The monoisotopic (exact) mass is 397 g/mol. The molecule has 0 fully saturated rings. The molecule has 0 unspecified atom stereocenters. The summed E-state index contributed by atoms with van der Waals surface area (Å²) in [7, 11) is 0. The number of anilines is 1. The summed E-state index contributed by atoms with van der Waals surface area (Å²) in [5.74, 6) is 0.320. The molecule has 0 saturated carbocycles. The fraction of sp³-hybridized carbons (Fsp3) is 0.105. The summed E-state index contributed by atoms with van der Waals surface area (Å²) in [6.07, 6.45) is 1.74. The van der Waals surface area contributed by atoms with Crippen molar-refractivity contribution in [1.29, 1.82) is 0 Å². The molecule has 0 spiro atoms. The molecule has 2 heterocycles. The molecular formula is C19H15N3OS3. The summed E-state index contributed by atoms with van der Waals surface area (Å²) in [6.45, 7) is 2.09. The van der Waals surface area contributed by atoms with Crippen LogP contribution in [-0.4, -0.2) is 21.6 Å². The molecular weight excluding hydrogens is 382 g/mol. The van der Waals surface area contributed by atoms with Gasteiger partial charge in [-0.25, -0.2) is 9.97 Å². The van der Waals surface area contributed by atoms with Crippen LogP contribution >= 0.6 is 34.4 Å². The summed E-state index contributed by atoms with van der Waals surface area (Å²) in [6, 6.07) is 14.1. The fourth-order valence-electron chi connectivity index (χ4n) is 2.46. The van der Waals surface area contributed by atoms with E-state index in [2.05, 4.69) is 35.4 Å². The number of thiazole rings is 2. The molecule has 4 aromatic rings. The molecule has 4 rings (SSSR count). The molecule has 1 N–H and O–H groups in total. The quantitative estimate of drug-likeness (QED) is 0.454. The summed E-state index contributed by atoms with van der Waals surface area (Å²) in [4.78, 5) is 20.9. The third kappa shape index (κ3) is 3.95. The van der Waals surface area contributed by atoms with Gasteiger partial charge in [0.25, 0.3) is 0 Å². The Morgan fingerprint density at radius 2 is 2.04 bits per heavy atom. The van der Waals surface area contributed by atoms with Crippen molar-refractivity contribution >= 4 is 56.2 Å². The normalized spacial score (nSPS) is 11.0. The second-order valence-corrected chi connectivity index (χ2v) is 8.85. The number of rotatable bonds is 5. The second-order valence-electron chi connectivity index (χ2n) is 5.70. The van der Waals surface area contributed by atoms with Crippen LogP contribution in [0.4, 0.5) is 5.69 Å². The van der Waals surface area contributed by atoms with Gasteiger partial charge in [-0.05, 0) is 48.9 Å². The van der Waals surface area contributed by atoms with Gasteiger partial charge in [0.2, 0.25) is 5.91 Å². The van der Waals surface area contributed by atoms with E-state index in [9.17, 15) is 4.79 Å². The lowest BCUT2D eigenvalue weighted by Crippen LogP contribution is -2.13. The lowest BCUT2D eigenvalue weighted by Gasteiger charge is -2.05. The number of nitrogens with one attached hydrogen (secondary N) is 1. The maximum absolute atomic E-state index is 12.0. The van der Waals surface area contributed by atoms with E-state index in [1.54, 1.807) is 17.5 Å². The molecule has 2 aromatic heterocycles. The number of thioether (sulfide) groups is 1. The first-order valence-electron chi connectivity index (χ1n) is 7.97. The standard InChI is InChI=1S/C19H15N3OS3/c1-12-2-7-15-16(10-12)26-18(22-15)13-3-5-14(6-4-13)21-17(23)11-25-19-20-8-9-24-19/h2-10H,11H2,1H3,(H,21,23). The van der Waals surface area contributed by atoms with Crippen molar-refractivity contribution in [1.82, 2.24) is 9.97 Å². The van der Waals surface area contributed by atoms with Gasteiger partial charge in [0.05, 0.1) is 16.0 Å². The Kier molecular flexibility index (Phi) is 5.01. The minimum absolute atomic E-state index is 0.0339. The van der Waals surface area contributed by atoms with Gasteiger partial charge >= 0.3 is 0 Å². The first-order valence-corrected chi connectivity index (χ1v) is 10.7. The van der Waals surface area contributed by atoms with Crippen LogP contribution in [0.1, 0.15) is 5.56 Å². The molecule has 2 aromatic carbocycles. The molecule has 0 aliphatic rings. The number of aromatic nitrogens is 2. The van der Waals surface area contributed by atoms with Gasteiger partial charge in [0.15, 0.2) is 0 Å². The predicted molar refractivity (Wildman–Crippen MR) is 111 cm³/mol. The van der Waals surface area contributed by atoms with Gasteiger partial charge in [-0.2, -0.15) is 0 Å². The average molecular weight is 398 g/mol. The summed E-state index contributed by atoms with van der Waals surface area (Å²) >= 11 is 4.67. The highest BCUT2D eigenvalue weighted by molar-refractivity contribution is 8.01. The second kappa shape index (κ2) is 7.57. The number of hydrogen-bond donors (Lipinski definition) is 1. The molecule has 130 valence electrons. The third-order valence-electron chi connectivity index (χ3n) is 3.70. The van der Waals surface area contributed by atoms with E-state index in [1.165, 1.54) is 33.4 Å². The number of benzene rings is 2. The van der Waals surface area contributed by atoms with E-state index < -0.39 is 0 Å². The molecule has 0 saturated heterocycles. The lowest BCUT2D eigenvalue weighted by atomic mass is 10.2. The van der Waals surface area contributed by atoms with E-state index in [4.69, 9.17) is 4.98 Å². The van der Waals surface area contributed by atoms with Gasteiger partial charge < -0.3 is 5.32 Å². The lowest BCUT2D eigenvalue weighted by molar-refractivity contribution is -0.113. The number of hydrogen-bond acceptors (Lipinski definition) is 6. The molecule has 26 heavy (non-hydrogen) atoms. The summed E-state index contributed by atoms with van der Waals surface area (Å²) in [5, 5.41) is 5.81. The summed E-state index contributed by atoms with van der Waals surface area (Å²) < 4.78 is 2.10. The summed E-state index contributed by atoms with van der Waals surface area (Å²) in [5.41, 5.74) is 4.10. The zero-order valence-corrected chi connectivity index (χ0v) is 16.4. The Hall–Kier alpha value is -2.22. The number of carbonyl (C=O) groups excluding carboxylic acids is 1. The number of carbonyl (C=O) groups is 1. The van der Waals surface area contributed by atoms with Crippen LogP contribution in [0.15, 0.2) is 58.4 Å². The van der Waals surface area contributed by atoms with Gasteiger partial charge in [0, 0.05) is 22.8 Å². The number of amides is 1. The van der Waals surface area contributed by atoms with Crippen molar-refractivity contribution in [2.75, 3.05) is 11.1 Å². The van der Waals surface area contributed by atoms with Crippen molar-refractivity contribution in [3.8, 4) is 10.6 Å². The first-order chi connectivity index (χ1) is 12.7. The molecule has 0 aliphatic carbocycles. The van der Waals surface area contributed by atoms with Gasteiger partial charge in [0.1, 0.15) is 9.35 Å². The van der Waals surface area contributed by atoms with E-state index in [0.29, 0.717) is 5.75 Å². The highest BCUT2D eigenvalue weighted by atomic mass is 32.2. The Balaban J connectivity index is 1.43. The van der Waals surface area contributed by atoms with Crippen LogP contribution in [0.2, 0.25) is 0 Å². The van der Waals surface area contributed by atoms with E-state index in [1.807, 2.05) is 29.6 Å². The maximum Gasteiger partial charge on any atom is 0.234 e. The van der Waals surface area contributed by atoms with Crippen molar-refractivity contribution in [3.05, 3.63) is 59.6 Å². The zero-order chi connectivity index (χ0) is 17.9. The number of aryl methyl sites for hydroxylation is 1. The topological polar surface area (TPSA) is 54.9 Å². The third-order valence-corrected chi connectivity index (χ3v) is 6.73. The maximum atomic E-state index is 12.0. The van der Waals surface area contributed by atoms with E-state index >= 15 is 0 Å². The largest absolute Gasteiger partial charge is 0.325 e. The van der Waals surface area contributed by atoms with E-state index in [0.717, 1.165) is 26.1 Å². The fourth-order valence-corrected chi connectivity index (χ4v) is 4.96. The Morgan fingerprint density at radius 1 is 1.19 bits per heavy atom. The van der Waals surface area contributed by atoms with Gasteiger partial charge in [-0.3, -0.25) is 4.79 Å². The molecule has 0 bridgehead atoms. The Bertz CT molecular complexity index is 1040. The molecule has 0 radical (unpaired) electrons. The van der Waals surface area contributed by atoms with Crippen LogP contribution in [0.5, 0.6) is 0 Å². The average Bonchev–Trinajstić information content (AvgIpc) is 3.29. The SMILES string of the molecule is Cc1ccc2nc(-c3ccc(NC(=O)CSc4nccs4)cc3)sc2c1. The Labute approximate surface area is 163 Å². The van der Waals surface area contributed by atoms with Crippen molar-refractivity contribution in [2.24, 2.45) is 0 Å². The van der Waals surface area contributed by atoms with Gasteiger partial charge in [-0.1, -0.05) is 17.8 Å². The van der Waals surface area contributed by atoms with Crippen molar-refractivity contribution in [2.45, 2.75) is 11.3 Å². The Morgan fingerprint density at radius 3 is 2.81 bits per heavy atom. The molecule has 0 aliphatic heterocycles. The molecule has 0 atom stereocenters. The van der Waals surface area contributed by atoms with Crippen LogP contribution in [0, 0.1) is 6.92 Å². The minimum Gasteiger partial charge on any atom is -0.325 e. The van der Waals surface area contributed by atoms with Crippen LogP contribution in [0.3, 0.4) is 0 Å². The highest BCUT2D eigenvalue weighted by Gasteiger charge is 2.08. The zero-order valence-electron chi connectivity index (χ0n) is 13.9. The molecule has 1 amide bonds. The van der Waals surface area contributed by atoms with Crippen molar-refractivity contribution in [3.63, 3.8) is 0 Å². The predicted octanol–water partition coefficient (Wildman–Crippen LogP) is 5.46. The van der Waals surface area contributed by atoms with Crippen LogP contribution in [-0.2, 0) is 4.79 Å². The van der Waals surface area contributed by atoms with Crippen LogP contribution in [0.25, 0.3) is 20.8 Å². The van der Waals surface area contributed by atoms with Crippen LogP contribution < -0.4 is 5.32 Å². The number of nitrogens with zero attached hydrogens (tertiary/aromatic N) is 2. The van der Waals surface area contributed by atoms with E-state index in [-0.39, 0.29) is 5.91 Å². The minimum atomic E-state index is -0.0339. The number of fused-ring (bicyclic) bond motifs is 1.